The first-order valence-corrected chi connectivity index (χ1v) is 13.6. The Kier molecular flexibility index (Phi) is 8.61. The van der Waals surface area contributed by atoms with Gasteiger partial charge in [-0.3, -0.25) is 24.3 Å². The van der Waals surface area contributed by atoms with Gasteiger partial charge in [-0.05, 0) is 60.5 Å². The van der Waals surface area contributed by atoms with Gasteiger partial charge < -0.3 is 20.3 Å². The van der Waals surface area contributed by atoms with Gasteiger partial charge in [0.05, 0.1) is 5.69 Å². The first-order valence-electron chi connectivity index (χ1n) is 13.2. The standard InChI is InChI=1S/C30H29ClFN5O4/c1-19-16-36(17-21-2-5-23(32)6-3-21)12-13-37(19)26(38)18-41-25-7-4-22(31)14-24(25)35-28-27(29(39)30(28)40)34-15-20-8-10-33-11-9-20/h2-11,14,19,34-35H,12-13,15-18H2,1H3/t19-/m1/s1. The number of benzene rings is 2. The molecule has 2 N–H and O–H groups in total. The minimum absolute atomic E-state index is 0.0408. The predicted molar refractivity (Wildman–Crippen MR) is 156 cm³/mol. The summed E-state index contributed by atoms with van der Waals surface area (Å²) in [4.78, 5) is 45.7. The number of halogens is 2. The molecule has 41 heavy (non-hydrogen) atoms. The Morgan fingerprint density at radius 3 is 2.49 bits per heavy atom. The summed E-state index contributed by atoms with van der Waals surface area (Å²) in [7, 11) is 0. The number of aromatic nitrogens is 1. The quantitative estimate of drug-likeness (QED) is 0.273. The Balaban J connectivity index is 1.20. The molecule has 0 radical (unpaired) electrons. The second-order valence-electron chi connectivity index (χ2n) is 9.97. The van der Waals surface area contributed by atoms with E-state index in [4.69, 9.17) is 16.3 Å². The Hall–Kier alpha value is -4.28. The zero-order chi connectivity index (χ0) is 28.9. The Bertz CT molecular complexity index is 1590. The van der Waals surface area contributed by atoms with Crippen LogP contribution >= 0.6 is 11.6 Å². The van der Waals surface area contributed by atoms with E-state index < -0.39 is 10.9 Å². The van der Waals surface area contributed by atoms with E-state index in [1.54, 1.807) is 59.8 Å². The van der Waals surface area contributed by atoms with Gasteiger partial charge in [0.1, 0.15) is 22.9 Å². The van der Waals surface area contributed by atoms with Gasteiger partial charge in [0.2, 0.25) is 0 Å². The minimum atomic E-state index is -0.656. The van der Waals surface area contributed by atoms with E-state index in [9.17, 15) is 18.8 Å². The summed E-state index contributed by atoms with van der Waals surface area (Å²) >= 11 is 6.20. The van der Waals surface area contributed by atoms with Crippen LogP contribution in [0.25, 0.3) is 0 Å². The van der Waals surface area contributed by atoms with Gasteiger partial charge in [0.15, 0.2) is 6.61 Å². The van der Waals surface area contributed by atoms with Gasteiger partial charge >= 0.3 is 0 Å². The molecule has 0 unspecified atom stereocenters. The molecular formula is C30H29ClFN5O4. The molecule has 212 valence electrons. The molecule has 1 saturated heterocycles. The van der Waals surface area contributed by atoms with E-state index >= 15 is 0 Å². The van der Waals surface area contributed by atoms with Crippen molar-refractivity contribution in [3.63, 3.8) is 0 Å². The van der Waals surface area contributed by atoms with Gasteiger partial charge in [-0.1, -0.05) is 23.7 Å². The third-order valence-electron chi connectivity index (χ3n) is 7.03. The average molecular weight is 578 g/mol. The highest BCUT2D eigenvalue weighted by Crippen LogP contribution is 2.32. The van der Waals surface area contributed by atoms with Crippen molar-refractivity contribution >= 4 is 34.6 Å². The zero-order valence-electron chi connectivity index (χ0n) is 22.4. The number of carbonyl (C=O) groups excluding carboxylic acids is 1. The van der Waals surface area contributed by atoms with Crippen molar-refractivity contribution in [1.29, 1.82) is 0 Å². The number of rotatable bonds is 10. The second-order valence-corrected chi connectivity index (χ2v) is 10.4. The maximum Gasteiger partial charge on any atom is 0.260 e. The maximum absolute atomic E-state index is 13.2. The zero-order valence-corrected chi connectivity index (χ0v) is 23.2. The van der Waals surface area contributed by atoms with E-state index in [-0.39, 0.29) is 35.7 Å². The third kappa shape index (κ3) is 6.72. The lowest BCUT2D eigenvalue weighted by molar-refractivity contribution is -0.137. The summed E-state index contributed by atoms with van der Waals surface area (Å²) in [5.41, 5.74) is 1.28. The van der Waals surface area contributed by atoms with Crippen molar-refractivity contribution in [1.82, 2.24) is 14.8 Å². The van der Waals surface area contributed by atoms with Crippen LogP contribution in [-0.4, -0.2) is 53.0 Å². The topological polar surface area (TPSA) is 104 Å². The van der Waals surface area contributed by atoms with Crippen molar-refractivity contribution in [3.05, 3.63) is 109 Å². The molecule has 0 saturated carbocycles. The first kappa shape index (κ1) is 28.3. The SMILES string of the molecule is C[C@@H]1CN(Cc2ccc(F)cc2)CCN1C(=O)COc1ccc(Cl)cc1Nc1c(NCc2ccncc2)c(=O)c1=O. The number of amides is 1. The van der Waals surface area contributed by atoms with E-state index in [0.717, 1.165) is 11.1 Å². The van der Waals surface area contributed by atoms with Crippen LogP contribution in [0.2, 0.25) is 5.02 Å². The van der Waals surface area contributed by atoms with Crippen LogP contribution in [0.1, 0.15) is 18.1 Å². The molecule has 4 aromatic rings. The number of anilines is 3. The molecule has 1 fully saturated rings. The van der Waals surface area contributed by atoms with Crippen LogP contribution < -0.4 is 26.2 Å². The van der Waals surface area contributed by atoms with Crippen LogP contribution in [0.5, 0.6) is 5.75 Å². The average Bonchev–Trinajstić information content (AvgIpc) is 2.97. The summed E-state index contributed by atoms with van der Waals surface area (Å²) in [6, 6.07) is 14.8. The molecular weight excluding hydrogens is 549 g/mol. The van der Waals surface area contributed by atoms with Crippen molar-refractivity contribution in [2.24, 2.45) is 0 Å². The number of hydrogen-bond donors (Lipinski definition) is 2. The monoisotopic (exact) mass is 577 g/mol. The predicted octanol–water partition coefficient (Wildman–Crippen LogP) is 3.94. The summed E-state index contributed by atoms with van der Waals surface area (Å²) in [5.74, 6) is -0.119. The molecule has 1 aliphatic rings. The number of ether oxygens (including phenoxy) is 1. The van der Waals surface area contributed by atoms with Gasteiger partial charge in [0, 0.05) is 56.2 Å². The minimum Gasteiger partial charge on any atom is -0.482 e. The van der Waals surface area contributed by atoms with Gasteiger partial charge in [-0.2, -0.15) is 0 Å². The van der Waals surface area contributed by atoms with Crippen molar-refractivity contribution < 1.29 is 13.9 Å². The van der Waals surface area contributed by atoms with E-state index in [1.807, 2.05) is 6.92 Å². The largest absolute Gasteiger partial charge is 0.482 e. The van der Waals surface area contributed by atoms with Crippen molar-refractivity contribution in [3.8, 4) is 5.75 Å². The normalized spacial score (nSPS) is 15.6. The molecule has 0 bridgehead atoms. The molecule has 11 heteroatoms. The lowest BCUT2D eigenvalue weighted by atomic mass is 10.1. The van der Waals surface area contributed by atoms with Crippen LogP contribution in [0, 0.1) is 5.82 Å². The number of hydrogen-bond acceptors (Lipinski definition) is 8. The first-order chi connectivity index (χ1) is 19.8. The van der Waals surface area contributed by atoms with Crippen molar-refractivity contribution in [2.45, 2.75) is 26.1 Å². The highest BCUT2D eigenvalue weighted by Gasteiger charge is 2.28. The van der Waals surface area contributed by atoms with Gasteiger partial charge in [-0.25, -0.2) is 4.39 Å². The molecule has 1 aliphatic heterocycles. The van der Waals surface area contributed by atoms with Crippen LogP contribution in [0.3, 0.4) is 0 Å². The number of carbonyl (C=O) groups is 1. The van der Waals surface area contributed by atoms with Crippen LogP contribution in [0.15, 0.2) is 76.6 Å². The summed E-state index contributed by atoms with van der Waals surface area (Å²) in [6.45, 7) is 4.68. The lowest BCUT2D eigenvalue weighted by Crippen LogP contribution is -2.54. The molecule has 1 aromatic heterocycles. The Morgan fingerprint density at radius 2 is 1.76 bits per heavy atom. The maximum atomic E-state index is 13.2. The van der Waals surface area contributed by atoms with E-state index in [0.29, 0.717) is 49.2 Å². The Labute approximate surface area is 241 Å². The molecule has 2 heterocycles. The third-order valence-corrected chi connectivity index (χ3v) is 7.27. The fourth-order valence-electron chi connectivity index (χ4n) is 4.85. The summed E-state index contributed by atoms with van der Waals surface area (Å²) < 4.78 is 19.1. The fraction of sp³-hybridized carbons (Fsp3) is 0.267. The summed E-state index contributed by atoms with van der Waals surface area (Å²) in [6.07, 6.45) is 3.29. The van der Waals surface area contributed by atoms with E-state index in [1.165, 1.54) is 12.1 Å². The van der Waals surface area contributed by atoms with Crippen LogP contribution in [-0.2, 0) is 17.9 Å². The summed E-state index contributed by atoms with van der Waals surface area (Å²) in [5, 5.41) is 6.36. The molecule has 1 atom stereocenters. The Morgan fingerprint density at radius 1 is 1.02 bits per heavy atom. The van der Waals surface area contributed by atoms with Crippen LogP contribution in [0.4, 0.5) is 21.5 Å². The smallest absolute Gasteiger partial charge is 0.260 e. The lowest BCUT2D eigenvalue weighted by Gasteiger charge is -2.39. The van der Waals surface area contributed by atoms with Crippen molar-refractivity contribution in [2.75, 3.05) is 36.9 Å². The highest BCUT2D eigenvalue weighted by atomic mass is 35.5. The number of piperazine rings is 1. The number of nitrogens with one attached hydrogen (secondary N) is 2. The van der Waals surface area contributed by atoms with E-state index in [2.05, 4.69) is 20.5 Å². The highest BCUT2D eigenvalue weighted by molar-refractivity contribution is 6.31. The second kappa shape index (κ2) is 12.5. The molecule has 0 spiro atoms. The number of pyridine rings is 1. The molecule has 5 rings (SSSR count). The molecule has 0 aliphatic carbocycles. The molecule has 3 aromatic carbocycles. The van der Waals surface area contributed by atoms with Gasteiger partial charge in [0.25, 0.3) is 16.8 Å². The van der Waals surface area contributed by atoms with Gasteiger partial charge in [-0.15, -0.1) is 0 Å². The fourth-order valence-corrected chi connectivity index (χ4v) is 5.02. The molecule has 1 amide bonds. The number of nitrogens with zero attached hydrogens (tertiary/aromatic N) is 3. The molecule has 9 nitrogen and oxygen atoms in total.